The van der Waals surface area contributed by atoms with E-state index in [1.807, 2.05) is 0 Å². The zero-order valence-electron chi connectivity index (χ0n) is 10.9. The average molecular weight is 250 g/mol. The van der Waals surface area contributed by atoms with Crippen molar-refractivity contribution < 1.29 is 9.59 Å². The van der Waals surface area contributed by atoms with Gasteiger partial charge in [0.05, 0.1) is 12.0 Å². The van der Waals surface area contributed by atoms with Crippen LogP contribution < -0.4 is 5.32 Å². The molecule has 0 atom stereocenters. The van der Waals surface area contributed by atoms with Crippen molar-refractivity contribution in [1.82, 2.24) is 10.2 Å². The van der Waals surface area contributed by atoms with Crippen LogP contribution in [0, 0.1) is 0 Å². The summed E-state index contributed by atoms with van der Waals surface area (Å²) in [6.45, 7) is 0. The standard InChI is InChI=1S/C14H22N2O2/c17-12-10-14(8-4-1-5-9-14)15-13(18)16(12)11-6-2-3-7-11/h11H,1-10H2,(H,15,18). The van der Waals surface area contributed by atoms with Gasteiger partial charge in [0.25, 0.3) is 0 Å². The van der Waals surface area contributed by atoms with Crippen LogP contribution in [0.5, 0.6) is 0 Å². The molecule has 1 spiro atoms. The number of amides is 3. The summed E-state index contributed by atoms with van der Waals surface area (Å²) >= 11 is 0. The first-order chi connectivity index (χ1) is 8.70. The molecule has 1 saturated heterocycles. The third-order valence-electron chi connectivity index (χ3n) is 4.85. The smallest absolute Gasteiger partial charge is 0.324 e. The van der Waals surface area contributed by atoms with Crippen LogP contribution in [0.15, 0.2) is 0 Å². The number of nitrogens with zero attached hydrogens (tertiary/aromatic N) is 1. The van der Waals surface area contributed by atoms with Crippen LogP contribution in [-0.2, 0) is 4.79 Å². The molecule has 0 aromatic rings. The Hall–Kier alpha value is -1.06. The zero-order chi connectivity index (χ0) is 12.6. The Labute approximate surface area is 108 Å². The number of carbonyl (C=O) groups excluding carboxylic acids is 2. The quantitative estimate of drug-likeness (QED) is 0.777. The Kier molecular flexibility index (Phi) is 3.04. The summed E-state index contributed by atoms with van der Waals surface area (Å²) in [6.07, 6.45) is 10.3. The molecule has 1 heterocycles. The summed E-state index contributed by atoms with van der Waals surface area (Å²) in [5, 5.41) is 3.16. The minimum Gasteiger partial charge on any atom is -0.332 e. The molecular weight excluding hydrogens is 228 g/mol. The van der Waals surface area contributed by atoms with Crippen LogP contribution in [0.3, 0.4) is 0 Å². The van der Waals surface area contributed by atoms with E-state index < -0.39 is 0 Å². The Balaban J connectivity index is 1.74. The van der Waals surface area contributed by atoms with E-state index in [0.717, 1.165) is 51.4 Å². The van der Waals surface area contributed by atoms with E-state index >= 15 is 0 Å². The monoisotopic (exact) mass is 250 g/mol. The number of hydrogen-bond donors (Lipinski definition) is 1. The summed E-state index contributed by atoms with van der Waals surface area (Å²) in [5.74, 6) is 0.0625. The van der Waals surface area contributed by atoms with Gasteiger partial charge in [-0.1, -0.05) is 32.1 Å². The van der Waals surface area contributed by atoms with Crippen LogP contribution in [-0.4, -0.2) is 28.4 Å². The molecular formula is C14H22N2O2. The van der Waals surface area contributed by atoms with E-state index in [2.05, 4.69) is 5.32 Å². The van der Waals surface area contributed by atoms with Gasteiger partial charge in [-0.3, -0.25) is 9.69 Å². The fraction of sp³-hybridized carbons (Fsp3) is 0.857. The van der Waals surface area contributed by atoms with Gasteiger partial charge in [0.1, 0.15) is 0 Å². The summed E-state index contributed by atoms with van der Waals surface area (Å²) in [6, 6.07) is 0.0403. The molecule has 3 amide bonds. The summed E-state index contributed by atoms with van der Waals surface area (Å²) in [5.41, 5.74) is -0.207. The van der Waals surface area contributed by atoms with Gasteiger partial charge in [0, 0.05) is 6.04 Å². The second-order valence-corrected chi connectivity index (χ2v) is 6.15. The molecule has 2 saturated carbocycles. The minimum absolute atomic E-state index is 0.0625. The normalized spacial score (nSPS) is 28.8. The summed E-state index contributed by atoms with van der Waals surface area (Å²) in [4.78, 5) is 26.1. The van der Waals surface area contributed by atoms with E-state index in [1.54, 1.807) is 0 Å². The van der Waals surface area contributed by atoms with Crippen molar-refractivity contribution in [3.8, 4) is 0 Å². The van der Waals surface area contributed by atoms with Crippen molar-refractivity contribution in [1.29, 1.82) is 0 Å². The van der Waals surface area contributed by atoms with E-state index in [9.17, 15) is 9.59 Å². The maximum atomic E-state index is 12.3. The lowest BCUT2D eigenvalue weighted by Crippen LogP contribution is -2.64. The maximum Gasteiger partial charge on any atom is 0.324 e. The lowest BCUT2D eigenvalue weighted by Gasteiger charge is -2.45. The van der Waals surface area contributed by atoms with Gasteiger partial charge in [-0.2, -0.15) is 0 Å². The average Bonchev–Trinajstić information content (AvgIpc) is 2.82. The van der Waals surface area contributed by atoms with E-state index in [1.165, 1.54) is 11.3 Å². The molecule has 0 bridgehead atoms. The van der Waals surface area contributed by atoms with Crippen LogP contribution in [0.2, 0.25) is 0 Å². The van der Waals surface area contributed by atoms with Gasteiger partial charge in [-0.05, 0) is 25.7 Å². The van der Waals surface area contributed by atoms with Crippen LogP contribution in [0.1, 0.15) is 64.2 Å². The van der Waals surface area contributed by atoms with Crippen molar-refractivity contribution in [2.75, 3.05) is 0 Å². The maximum absolute atomic E-state index is 12.3. The van der Waals surface area contributed by atoms with Gasteiger partial charge in [0.2, 0.25) is 5.91 Å². The Morgan fingerprint density at radius 3 is 2.28 bits per heavy atom. The van der Waals surface area contributed by atoms with Gasteiger partial charge < -0.3 is 5.32 Å². The highest BCUT2D eigenvalue weighted by atomic mass is 16.2. The van der Waals surface area contributed by atoms with Crippen molar-refractivity contribution >= 4 is 11.9 Å². The van der Waals surface area contributed by atoms with Crippen LogP contribution in [0.25, 0.3) is 0 Å². The summed E-state index contributed by atoms with van der Waals surface area (Å²) < 4.78 is 0. The highest BCUT2D eigenvalue weighted by Gasteiger charge is 2.45. The second-order valence-electron chi connectivity index (χ2n) is 6.15. The predicted molar refractivity (Wildman–Crippen MR) is 68.1 cm³/mol. The van der Waals surface area contributed by atoms with Gasteiger partial charge in [-0.25, -0.2) is 4.79 Å². The summed E-state index contributed by atoms with van der Waals surface area (Å²) in [7, 11) is 0. The second kappa shape index (κ2) is 4.56. The van der Waals surface area contributed by atoms with Crippen molar-refractivity contribution in [2.24, 2.45) is 0 Å². The largest absolute Gasteiger partial charge is 0.332 e. The third kappa shape index (κ3) is 2.02. The fourth-order valence-electron chi connectivity index (χ4n) is 3.88. The highest BCUT2D eigenvalue weighted by Crippen LogP contribution is 2.36. The number of hydrogen-bond acceptors (Lipinski definition) is 2. The number of nitrogens with one attached hydrogen (secondary N) is 1. The molecule has 3 fully saturated rings. The molecule has 4 nitrogen and oxygen atoms in total. The Morgan fingerprint density at radius 1 is 1.00 bits per heavy atom. The number of carbonyl (C=O) groups is 2. The topological polar surface area (TPSA) is 49.4 Å². The van der Waals surface area contributed by atoms with Gasteiger partial charge >= 0.3 is 6.03 Å². The molecule has 4 heteroatoms. The van der Waals surface area contributed by atoms with Crippen molar-refractivity contribution in [3.05, 3.63) is 0 Å². The first kappa shape index (κ1) is 12.0. The minimum atomic E-state index is -0.207. The first-order valence-corrected chi connectivity index (χ1v) is 7.34. The molecule has 0 radical (unpaired) electrons. The van der Waals surface area contributed by atoms with Crippen molar-refractivity contribution in [3.63, 3.8) is 0 Å². The predicted octanol–water partition coefficient (Wildman–Crippen LogP) is 2.57. The Bertz CT molecular complexity index is 335. The van der Waals surface area contributed by atoms with Crippen molar-refractivity contribution in [2.45, 2.75) is 75.8 Å². The highest BCUT2D eigenvalue weighted by molar-refractivity contribution is 5.98. The number of rotatable bonds is 1. The molecule has 0 aromatic heterocycles. The van der Waals surface area contributed by atoms with Crippen LogP contribution in [0.4, 0.5) is 4.79 Å². The fourth-order valence-corrected chi connectivity index (χ4v) is 3.88. The number of imide groups is 1. The number of urea groups is 1. The van der Waals surface area contributed by atoms with Gasteiger partial charge in [0.15, 0.2) is 0 Å². The van der Waals surface area contributed by atoms with E-state index in [-0.39, 0.29) is 23.5 Å². The van der Waals surface area contributed by atoms with E-state index in [4.69, 9.17) is 0 Å². The zero-order valence-corrected chi connectivity index (χ0v) is 10.9. The molecule has 1 aliphatic heterocycles. The lowest BCUT2D eigenvalue weighted by atomic mass is 9.78. The van der Waals surface area contributed by atoms with Crippen LogP contribution >= 0.6 is 0 Å². The molecule has 100 valence electrons. The molecule has 2 aliphatic carbocycles. The lowest BCUT2D eigenvalue weighted by molar-refractivity contribution is -0.134. The molecule has 1 N–H and O–H groups in total. The molecule has 3 aliphatic rings. The van der Waals surface area contributed by atoms with E-state index in [0.29, 0.717) is 6.42 Å². The molecule has 18 heavy (non-hydrogen) atoms. The Morgan fingerprint density at radius 2 is 1.67 bits per heavy atom. The molecule has 3 rings (SSSR count). The molecule has 0 unspecified atom stereocenters. The molecule has 0 aromatic carbocycles. The first-order valence-electron chi connectivity index (χ1n) is 7.34. The van der Waals surface area contributed by atoms with Gasteiger partial charge in [-0.15, -0.1) is 0 Å². The SMILES string of the molecule is O=C1CC2(CCCCC2)NC(=O)N1C1CCCC1. The third-order valence-corrected chi connectivity index (χ3v) is 4.85.